The van der Waals surface area contributed by atoms with Crippen molar-refractivity contribution in [3.8, 4) is 0 Å². The minimum atomic E-state index is -0.0737. The Bertz CT molecular complexity index is 545. The largest absolute Gasteiger partial charge is 0.307 e. The number of nitrogens with zero attached hydrogens (tertiary/aromatic N) is 3. The highest BCUT2D eigenvalue weighted by Crippen LogP contribution is 2.35. The molecule has 0 bridgehead atoms. The fraction of sp³-hybridized carbons (Fsp3) is 0.500. The number of carbonyl (C=O) groups excluding carboxylic acids is 2. The van der Waals surface area contributed by atoms with Gasteiger partial charge in [-0.2, -0.15) is 0 Å². The van der Waals surface area contributed by atoms with Crippen molar-refractivity contribution in [2.45, 2.75) is 20.3 Å². The highest BCUT2D eigenvalue weighted by molar-refractivity contribution is 8.13. The fourth-order valence-electron chi connectivity index (χ4n) is 2.07. The number of hydrogen-bond acceptors (Lipinski definition) is 5. The predicted octanol–water partition coefficient (Wildman–Crippen LogP) is 2.72. The van der Waals surface area contributed by atoms with Crippen molar-refractivity contribution < 1.29 is 9.59 Å². The first-order valence-electron chi connectivity index (χ1n) is 6.02. The van der Waals surface area contributed by atoms with Crippen LogP contribution in [0.25, 0.3) is 0 Å². The van der Waals surface area contributed by atoms with Crippen LogP contribution in [0.15, 0.2) is 0 Å². The molecule has 1 fully saturated rings. The molecule has 0 saturated carbocycles. The van der Waals surface area contributed by atoms with Crippen LogP contribution in [0.3, 0.4) is 0 Å². The van der Waals surface area contributed by atoms with E-state index >= 15 is 0 Å². The van der Waals surface area contributed by atoms with Crippen LogP contribution in [0.1, 0.15) is 19.2 Å². The highest BCUT2D eigenvalue weighted by Gasteiger charge is 2.34. The molecule has 5 nitrogen and oxygen atoms in total. The van der Waals surface area contributed by atoms with Crippen molar-refractivity contribution in [3.05, 3.63) is 16.1 Å². The van der Waals surface area contributed by atoms with Gasteiger partial charge in [-0.05, 0) is 12.8 Å². The third kappa shape index (κ3) is 3.42. The zero-order chi connectivity index (χ0) is 14.9. The summed E-state index contributed by atoms with van der Waals surface area (Å²) in [6, 6.07) is 0. The van der Waals surface area contributed by atoms with Crippen LogP contribution in [0.2, 0.25) is 10.3 Å². The van der Waals surface area contributed by atoms with Crippen molar-refractivity contribution >= 4 is 51.7 Å². The summed E-state index contributed by atoms with van der Waals surface area (Å²) in [6.45, 7) is 3.67. The summed E-state index contributed by atoms with van der Waals surface area (Å²) in [5, 5.41) is 0.400. The second kappa shape index (κ2) is 6.28. The molecular formula is C12H13Cl2N3O2S. The summed E-state index contributed by atoms with van der Waals surface area (Å²) in [5.74, 6) is 1.10. The molecule has 1 aliphatic rings. The van der Waals surface area contributed by atoms with Crippen LogP contribution in [0, 0.1) is 12.8 Å². The molecule has 2 rings (SSSR count). The SMILES string of the molecule is CC(=O)SCC1CC(=O)N(c2c(Cl)nc(C)nc2Cl)C1. The Labute approximate surface area is 131 Å². The summed E-state index contributed by atoms with van der Waals surface area (Å²) in [5.41, 5.74) is 0.360. The van der Waals surface area contributed by atoms with E-state index in [1.54, 1.807) is 6.92 Å². The average Bonchev–Trinajstić information content (AvgIpc) is 2.67. The van der Waals surface area contributed by atoms with E-state index < -0.39 is 0 Å². The van der Waals surface area contributed by atoms with Gasteiger partial charge in [0.1, 0.15) is 11.5 Å². The molecule has 1 aliphatic heterocycles. The number of aryl methyl sites for hydroxylation is 1. The lowest BCUT2D eigenvalue weighted by atomic mass is 10.1. The van der Waals surface area contributed by atoms with E-state index in [1.165, 1.54) is 23.6 Å². The van der Waals surface area contributed by atoms with Crippen LogP contribution < -0.4 is 4.90 Å². The second-order valence-corrected chi connectivity index (χ2v) is 6.49. The van der Waals surface area contributed by atoms with E-state index in [9.17, 15) is 9.59 Å². The molecule has 0 N–H and O–H groups in total. The maximum absolute atomic E-state index is 12.1. The van der Waals surface area contributed by atoms with Gasteiger partial charge in [-0.25, -0.2) is 9.97 Å². The molecule has 20 heavy (non-hydrogen) atoms. The standard InChI is InChI=1S/C12H13Cl2N3O2S/c1-6-15-11(13)10(12(14)16-6)17-4-8(3-9(17)19)5-20-7(2)18/h8H,3-5H2,1-2H3. The van der Waals surface area contributed by atoms with E-state index in [0.717, 1.165) is 0 Å². The first-order chi connectivity index (χ1) is 9.38. The smallest absolute Gasteiger partial charge is 0.227 e. The Kier molecular flexibility index (Phi) is 4.88. The van der Waals surface area contributed by atoms with E-state index in [2.05, 4.69) is 9.97 Å². The minimum absolute atomic E-state index is 0.0469. The number of hydrogen-bond donors (Lipinski definition) is 0. The summed E-state index contributed by atoms with van der Waals surface area (Å²) < 4.78 is 0. The quantitative estimate of drug-likeness (QED) is 0.796. The van der Waals surface area contributed by atoms with Crippen LogP contribution in [-0.2, 0) is 9.59 Å². The molecule has 2 heterocycles. The van der Waals surface area contributed by atoms with Crippen LogP contribution in [0.4, 0.5) is 5.69 Å². The summed E-state index contributed by atoms with van der Waals surface area (Å²) >= 11 is 13.4. The fourth-order valence-corrected chi connectivity index (χ4v) is 3.44. The average molecular weight is 334 g/mol. The molecule has 108 valence electrons. The molecule has 1 aromatic heterocycles. The van der Waals surface area contributed by atoms with Gasteiger partial charge in [-0.15, -0.1) is 0 Å². The van der Waals surface area contributed by atoms with Gasteiger partial charge in [0, 0.05) is 25.6 Å². The van der Waals surface area contributed by atoms with Gasteiger partial charge >= 0.3 is 0 Å². The molecule has 0 aliphatic carbocycles. The molecule has 1 unspecified atom stereocenters. The number of carbonyl (C=O) groups is 2. The maximum atomic E-state index is 12.1. The zero-order valence-electron chi connectivity index (χ0n) is 11.0. The molecule has 0 aromatic carbocycles. The Balaban J connectivity index is 2.18. The minimum Gasteiger partial charge on any atom is -0.307 e. The molecular weight excluding hydrogens is 321 g/mol. The first kappa shape index (κ1) is 15.5. The Morgan fingerprint density at radius 1 is 1.40 bits per heavy atom. The van der Waals surface area contributed by atoms with Crippen LogP contribution in [0.5, 0.6) is 0 Å². The molecule has 1 atom stereocenters. The van der Waals surface area contributed by atoms with Gasteiger partial charge in [-0.1, -0.05) is 35.0 Å². The second-order valence-electron chi connectivity index (χ2n) is 4.58. The van der Waals surface area contributed by atoms with Gasteiger partial charge in [0.2, 0.25) is 5.91 Å². The van der Waals surface area contributed by atoms with E-state index in [1.807, 2.05) is 0 Å². The third-order valence-corrected chi connectivity index (χ3v) is 4.48. The number of anilines is 1. The third-order valence-electron chi connectivity index (χ3n) is 2.91. The van der Waals surface area contributed by atoms with E-state index in [4.69, 9.17) is 23.2 Å². The molecule has 0 radical (unpaired) electrons. The lowest BCUT2D eigenvalue weighted by molar-refractivity contribution is -0.117. The van der Waals surface area contributed by atoms with Crippen molar-refractivity contribution in [2.75, 3.05) is 17.2 Å². The summed E-state index contributed by atoms with van der Waals surface area (Å²) in [4.78, 5) is 32.6. The highest BCUT2D eigenvalue weighted by atomic mass is 35.5. The van der Waals surface area contributed by atoms with Gasteiger partial charge in [-0.3, -0.25) is 9.59 Å². The van der Waals surface area contributed by atoms with Gasteiger partial charge in [0.15, 0.2) is 15.4 Å². The normalized spacial score (nSPS) is 18.7. The predicted molar refractivity (Wildman–Crippen MR) is 80.4 cm³/mol. The number of rotatable bonds is 3. The van der Waals surface area contributed by atoms with Crippen molar-refractivity contribution in [1.29, 1.82) is 0 Å². The number of thioether (sulfide) groups is 1. The summed E-state index contributed by atoms with van der Waals surface area (Å²) in [7, 11) is 0. The van der Waals surface area contributed by atoms with Crippen molar-refractivity contribution in [1.82, 2.24) is 9.97 Å². The van der Waals surface area contributed by atoms with Crippen molar-refractivity contribution in [2.24, 2.45) is 5.92 Å². The van der Waals surface area contributed by atoms with Crippen molar-refractivity contribution in [3.63, 3.8) is 0 Å². The molecule has 1 amide bonds. The van der Waals surface area contributed by atoms with E-state index in [-0.39, 0.29) is 27.2 Å². The van der Waals surface area contributed by atoms with Crippen LogP contribution in [-0.4, -0.2) is 33.3 Å². The van der Waals surface area contributed by atoms with Gasteiger partial charge < -0.3 is 4.90 Å². The molecule has 1 aromatic rings. The Morgan fingerprint density at radius 3 is 2.55 bits per heavy atom. The Morgan fingerprint density at radius 2 is 2.00 bits per heavy atom. The number of amides is 1. The van der Waals surface area contributed by atoms with Gasteiger partial charge in [0.05, 0.1) is 0 Å². The molecule has 1 saturated heterocycles. The lowest BCUT2D eigenvalue weighted by Crippen LogP contribution is -2.26. The van der Waals surface area contributed by atoms with Crippen LogP contribution >= 0.6 is 35.0 Å². The van der Waals surface area contributed by atoms with Gasteiger partial charge in [0.25, 0.3) is 0 Å². The van der Waals surface area contributed by atoms with E-state index in [0.29, 0.717) is 30.2 Å². The topological polar surface area (TPSA) is 63.2 Å². The number of aromatic nitrogens is 2. The first-order valence-corrected chi connectivity index (χ1v) is 7.76. The Hall–Kier alpha value is -0.850. The molecule has 0 spiro atoms. The summed E-state index contributed by atoms with van der Waals surface area (Å²) in [6.07, 6.45) is 0.376. The lowest BCUT2D eigenvalue weighted by Gasteiger charge is -2.18. The number of halogens is 2. The zero-order valence-corrected chi connectivity index (χ0v) is 13.3. The molecule has 8 heteroatoms. The maximum Gasteiger partial charge on any atom is 0.227 e. The monoisotopic (exact) mass is 333 g/mol.